The Morgan fingerprint density at radius 2 is 2.19 bits per heavy atom. The summed E-state index contributed by atoms with van der Waals surface area (Å²) >= 11 is 2.84. The van der Waals surface area contributed by atoms with Crippen molar-refractivity contribution in [2.24, 2.45) is 17.6 Å². The van der Waals surface area contributed by atoms with Gasteiger partial charge in [-0.25, -0.2) is 4.79 Å². The van der Waals surface area contributed by atoms with E-state index in [9.17, 15) is 9.59 Å². The first kappa shape index (κ1) is 18.9. The fourth-order valence-electron chi connectivity index (χ4n) is 2.96. The molecule has 0 spiro atoms. The normalized spacial score (nSPS) is 17.8. The lowest BCUT2D eigenvalue weighted by Gasteiger charge is -2.16. The van der Waals surface area contributed by atoms with Gasteiger partial charge in [-0.3, -0.25) is 10.1 Å². The maximum Gasteiger partial charge on any atom is 0.318 e. The van der Waals surface area contributed by atoms with Gasteiger partial charge in [0.15, 0.2) is 0 Å². The number of aryl methyl sites for hydroxylation is 1. The van der Waals surface area contributed by atoms with E-state index in [1.165, 1.54) is 16.9 Å². The number of nitrogens with one attached hydrogen (secondary N) is 1. The lowest BCUT2D eigenvalue weighted by Crippen LogP contribution is -2.42. The van der Waals surface area contributed by atoms with Gasteiger partial charge in [0.2, 0.25) is 5.91 Å². The minimum Gasteiger partial charge on any atom is -0.410 e. The van der Waals surface area contributed by atoms with Crippen LogP contribution in [-0.4, -0.2) is 27.4 Å². The van der Waals surface area contributed by atoms with Crippen LogP contribution in [-0.2, 0) is 17.6 Å². The van der Waals surface area contributed by atoms with Crippen molar-refractivity contribution in [2.45, 2.75) is 50.5 Å². The van der Waals surface area contributed by atoms with Gasteiger partial charge < -0.3 is 10.2 Å². The highest BCUT2D eigenvalue weighted by molar-refractivity contribution is 8.00. The SMILES string of the molecule is CC1CCc2sc(-c3nnc(SC(C(=O)NC(N)=O)C(C)C)o3)cc2C1. The van der Waals surface area contributed by atoms with Gasteiger partial charge in [-0.05, 0) is 42.7 Å². The second-order valence-corrected chi connectivity index (χ2v) is 9.15. The molecule has 2 aromatic heterocycles. The zero-order valence-corrected chi connectivity index (χ0v) is 16.6. The topological polar surface area (TPSA) is 111 Å². The molecule has 7 nitrogen and oxygen atoms in total. The molecule has 0 aromatic carbocycles. The largest absolute Gasteiger partial charge is 0.410 e. The molecule has 3 rings (SSSR count). The first-order valence-electron chi connectivity index (χ1n) is 8.56. The number of amides is 3. The summed E-state index contributed by atoms with van der Waals surface area (Å²) in [6.07, 6.45) is 3.40. The highest BCUT2D eigenvalue weighted by atomic mass is 32.2. The Labute approximate surface area is 160 Å². The summed E-state index contributed by atoms with van der Waals surface area (Å²) in [6, 6.07) is 1.27. The number of primary amides is 1. The van der Waals surface area contributed by atoms with Crippen LogP contribution >= 0.6 is 23.1 Å². The minimum atomic E-state index is -0.870. The molecule has 0 aliphatic heterocycles. The van der Waals surface area contributed by atoms with Crippen LogP contribution in [0.3, 0.4) is 0 Å². The number of carbonyl (C=O) groups is 2. The highest BCUT2D eigenvalue weighted by Gasteiger charge is 2.28. The van der Waals surface area contributed by atoms with Gasteiger partial charge in [0, 0.05) is 4.88 Å². The van der Waals surface area contributed by atoms with Crippen molar-refractivity contribution in [1.29, 1.82) is 0 Å². The zero-order valence-electron chi connectivity index (χ0n) is 14.9. The van der Waals surface area contributed by atoms with E-state index in [1.54, 1.807) is 11.3 Å². The van der Waals surface area contributed by atoms with Gasteiger partial charge in [-0.1, -0.05) is 32.5 Å². The Bertz CT molecular complexity index is 815. The predicted molar refractivity (Wildman–Crippen MR) is 101 cm³/mol. The van der Waals surface area contributed by atoms with Gasteiger partial charge in [-0.2, -0.15) is 0 Å². The first-order valence-corrected chi connectivity index (χ1v) is 10.3. The maximum absolute atomic E-state index is 12.1. The van der Waals surface area contributed by atoms with Crippen LogP contribution in [0.25, 0.3) is 10.8 Å². The molecule has 1 aliphatic rings. The Hall–Kier alpha value is -1.87. The van der Waals surface area contributed by atoms with Crippen molar-refractivity contribution in [1.82, 2.24) is 15.5 Å². The van der Waals surface area contributed by atoms with E-state index in [2.05, 4.69) is 28.5 Å². The van der Waals surface area contributed by atoms with Crippen LogP contribution in [0.2, 0.25) is 0 Å². The molecule has 0 bridgehead atoms. The molecular formula is C17H22N4O3S2. The molecule has 26 heavy (non-hydrogen) atoms. The molecule has 3 amide bonds. The van der Waals surface area contributed by atoms with Crippen LogP contribution in [0.5, 0.6) is 0 Å². The Morgan fingerprint density at radius 3 is 2.88 bits per heavy atom. The van der Waals surface area contributed by atoms with Crippen LogP contribution in [0.1, 0.15) is 37.6 Å². The van der Waals surface area contributed by atoms with Crippen molar-refractivity contribution >= 4 is 35.0 Å². The van der Waals surface area contributed by atoms with Gasteiger partial charge in [0.25, 0.3) is 11.1 Å². The summed E-state index contributed by atoms with van der Waals surface area (Å²) in [4.78, 5) is 25.4. The number of carbonyl (C=O) groups excluding carboxylic acids is 2. The number of imide groups is 1. The Balaban J connectivity index is 1.75. The van der Waals surface area contributed by atoms with Crippen molar-refractivity contribution in [3.8, 4) is 10.8 Å². The Morgan fingerprint density at radius 1 is 1.42 bits per heavy atom. The number of hydrogen-bond acceptors (Lipinski definition) is 7. The number of hydrogen-bond donors (Lipinski definition) is 2. The smallest absolute Gasteiger partial charge is 0.318 e. The molecule has 0 saturated heterocycles. The van der Waals surface area contributed by atoms with Crippen molar-refractivity contribution < 1.29 is 14.0 Å². The molecule has 3 N–H and O–H groups in total. The molecule has 9 heteroatoms. The third-order valence-electron chi connectivity index (χ3n) is 4.28. The number of thioether (sulfide) groups is 1. The molecule has 2 heterocycles. The summed E-state index contributed by atoms with van der Waals surface area (Å²) in [5.41, 5.74) is 6.40. The number of thiophene rings is 1. The number of fused-ring (bicyclic) bond motifs is 1. The predicted octanol–water partition coefficient (Wildman–Crippen LogP) is 3.23. The van der Waals surface area contributed by atoms with E-state index < -0.39 is 17.2 Å². The molecule has 140 valence electrons. The highest BCUT2D eigenvalue weighted by Crippen LogP contribution is 2.38. The quantitative estimate of drug-likeness (QED) is 0.753. The molecule has 0 radical (unpaired) electrons. The lowest BCUT2D eigenvalue weighted by atomic mass is 9.90. The Kier molecular flexibility index (Phi) is 5.67. The van der Waals surface area contributed by atoms with Crippen LogP contribution in [0, 0.1) is 11.8 Å². The molecule has 1 aliphatic carbocycles. The number of nitrogens with zero attached hydrogens (tertiary/aromatic N) is 2. The minimum absolute atomic E-state index is 0.0368. The summed E-state index contributed by atoms with van der Waals surface area (Å²) in [5, 5.41) is 10.1. The summed E-state index contributed by atoms with van der Waals surface area (Å²) in [5.74, 6) is 0.676. The molecule has 2 atom stereocenters. The third kappa shape index (κ3) is 4.27. The van der Waals surface area contributed by atoms with Crippen molar-refractivity contribution in [3.05, 3.63) is 16.5 Å². The maximum atomic E-state index is 12.1. The molecule has 2 aromatic rings. The fraction of sp³-hybridized carbons (Fsp3) is 0.529. The van der Waals surface area contributed by atoms with Crippen LogP contribution in [0.4, 0.5) is 4.79 Å². The van der Waals surface area contributed by atoms with Crippen LogP contribution in [0.15, 0.2) is 15.7 Å². The van der Waals surface area contributed by atoms with Gasteiger partial charge in [0.1, 0.15) is 0 Å². The molecule has 0 saturated carbocycles. The van der Waals surface area contributed by atoms with E-state index in [-0.39, 0.29) is 5.92 Å². The molecule has 0 fully saturated rings. The summed E-state index contributed by atoms with van der Waals surface area (Å²) in [6.45, 7) is 6.03. The standard InChI is InChI=1S/C17H22N4O3S2/c1-8(2)13(14(22)19-16(18)23)26-17-21-20-15(24-17)12-7-10-6-9(3)4-5-11(10)25-12/h7-9,13H,4-6H2,1-3H3,(H3,18,19,22,23). The van der Waals surface area contributed by atoms with E-state index in [4.69, 9.17) is 10.2 Å². The van der Waals surface area contributed by atoms with Gasteiger partial charge >= 0.3 is 6.03 Å². The third-order valence-corrected chi connectivity index (χ3v) is 6.89. The van der Waals surface area contributed by atoms with Crippen molar-refractivity contribution in [2.75, 3.05) is 0 Å². The van der Waals surface area contributed by atoms with E-state index in [0.29, 0.717) is 17.0 Å². The second-order valence-electron chi connectivity index (χ2n) is 6.92. The zero-order chi connectivity index (χ0) is 18.8. The van der Waals surface area contributed by atoms with Crippen LogP contribution < -0.4 is 11.1 Å². The molecule has 2 unspecified atom stereocenters. The fourth-order valence-corrected chi connectivity index (χ4v) is 4.96. The summed E-state index contributed by atoms with van der Waals surface area (Å²) in [7, 11) is 0. The van der Waals surface area contributed by atoms with Gasteiger partial charge in [0.05, 0.1) is 10.1 Å². The average molecular weight is 395 g/mol. The first-order chi connectivity index (χ1) is 12.3. The number of nitrogens with two attached hydrogens (primary N) is 1. The second kappa shape index (κ2) is 7.79. The van der Waals surface area contributed by atoms with Gasteiger partial charge in [-0.15, -0.1) is 21.5 Å². The molecular weight excluding hydrogens is 372 g/mol. The number of urea groups is 1. The monoisotopic (exact) mass is 394 g/mol. The van der Waals surface area contributed by atoms with E-state index in [1.807, 2.05) is 13.8 Å². The van der Waals surface area contributed by atoms with E-state index in [0.717, 1.165) is 29.5 Å². The number of aromatic nitrogens is 2. The number of rotatable bonds is 5. The lowest BCUT2D eigenvalue weighted by molar-refractivity contribution is -0.120. The van der Waals surface area contributed by atoms with Crippen molar-refractivity contribution in [3.63, 3.8) is 0 Å². The average Bonchev–Trinajstić information content (AvgIpc) is 3.17. The van der Waals surface area contributed by atoms with E-state index >= 15 is 0 Å². The summed E-state index contributed by atoms with van der Waals surface area (Å²) < 4.78 is 5.77.